The largest absolute Gasteiger partial charge is 0.449 e. The molecule has 0 bridgehead atoms. The van der Waals surface area contributed by atoms with Crippen LogP contribution in [0.5, 0.6) is 0 Å². The van der Waals surface area contributed by atoms with Crippen LogP contribution in [-0.4, -0.2) is 37.3 Å². The second-order valence-corrected chi connectivity index (χ2v) is 7.81. The lowest BCUT2D eigenvalue weighted by molar-refractivity contribution is -0.123. The number of anilines is 1. The zero-order valence-electron chi connectivity index (χ0n) is 14.6. The first-order valence-corrected chi connectivity index (χ1v) is 9.64. The number of rotatable bonds is 7. The molecule has 1 aromatic carbocycles. The predicted molar refractivity (Wildman–Crippen MR) is 94.3 cm³/mol. The van der Waals surface area contributed by atoms with Gasteiger partial charge in [-0.3, -0.25) is 4.79 Å². The van der Waals surface area contributed by atoms with Crippen molar-refractivity contribution in [1.82, 2.24) is 5.16 Å². The number of esters is 1. The minimum Gasteiger partial charge on any atom is -0.449 e. The van der Waals surface area contributed by atoms with Crippen LogP contribution in [-0.2, 0) is 25.1 Å². The normalized spacial score (nSPS) is 12.0. The van der Waals surface area contributed by atoms with Gasteiger partial charge in [0.05, 0.1) is 17.4 Å². The maximum atomic E-state index is 12.1. The number of amides is 1. The summed E-state index contributed by atoms with van der Waals surface area (Å²) in [5.74, 6) is -1.45. The number of ether oxygens (including phenoxy) is 1. The molecule has 1 N–H and O–H groups in total. The van der Waals surface area contributed by atoms with Crippen molar-refractivity contribution in [3.8, 4) is 6.07 Å². The summed E-state index contributed by atoms with van der Waals surface area (Å²) in [6.07, 6.45) is -1.08. The van der Waals surface area contributed by atoms with Crippen LogP contribution in [0, 0.1) is 18.3 Å². The van der Waals surface area contributed by atoms with E-state index in [9.17, 15) is 18.0 Å². The van der Waals surface area contributed by atoms with Gasteiger partial charge >= 0.3 is 5.97 Å². The molecule has 1 amide bonds. The molecular formula is C17H17N3O6S. The molecule has 0 saturated carbocycles. The molecule has 1 atom stereocenters. The van der Waals surface area contributed by atoms with Gasteiger partial charge in [0.25, 0.3) is 5.91 Å². The third-order valence-corrected chi connectivity index (χ3v) is 4.74. The number of benzene rings is 1. The summed E-state index contributed by atoms with van der Waals surface area (Å²) in [5.41, 5.74) is 0.599. The molecule has 2 rings (SSSR count). The molecule has 0 unspecified atom stereocenters. The lowest BCUT2D eigenvalue weighted by Crippen LogP contribution is -2.30. The van der Waals surface area contributed by atoms with E-state index >= 15 is 0 Å². The Bertz CT molecular complexity index is 973. The number of hydrogen-bond acceptors (Lipinski definition) is 8. The lowest BCUT2D eigenvalue weighted by atomic mass is 10.1. The fraction of sp³-hybridized carbons (Fsp3) is 0.294. The van der Waals surface area contributed by atoms with Crippen molar-refractivity contribution in [2.45, 2.75) is 25.7 Å². The van der Waals surface area contributed by atoms with Crippen molar-refractivity contribution < 1.29 is 27.3 Å². The summed E-state index contributed by atoms with van der Waals surface area (Å²) in [4.78, 5) is 24.1. The lowest BCUT2D eigenvalue weighted by Gasteiger charge is -2.12. The van der Waals surface area contributed by atoms with Gasteiger partial charge in [0.2, 0.25) is 0 Å². The molecule has 1 heterocycles. The quantitative estimate of drug-likeness (QED) is 0.702. The number of nitriles is 1. The van der Waals surface area contributed by atoms with E-state index < -0.39 is 33.6 Å². The van der Waals surface area contributed by atoms with Crippen molar-refractivity contribution in [3.63, 3.8) is 0 Å². The van der Waals surface area contributed by atoms with E-state index in [1.807, 2.05) is 0 Å². The van der Waals surface area contributed by atoms with Gasteiger partial charge < -0.3 is 14.6 Å². The number of carbonyl (C=O) groups is 2. The van der Waals surface area contributed by atoms with Gasteiger partial charge in [-0.25, -0.2) is 13.2 Å². The number of hydrogen-bond donors (Lipinski definition) is 1. The summed E-state index contributed by atoms with van der Waals surface area (Å²) in [7, 11) is -3.52. The number of nitrogens with one attached hydrogen (secondary N) is 1. The molecule has 0 aliphatic carbocycles. The van der Waals surface area contributed by atoms with Gasteiger partial charge in [-0.15, -0.1) is 0 Å². The summed E-state index contributed by atoms with van der Waals surface area (Å²) >= 11 is 0. The van der Waals surface area contributed by atoms with Crippen molar-refractivity contribution in [1.29, 1.82) is 5.26 Å². The number of aryl methyl sites for hydroxylation is 1. The van der Waals surface area contributed by atoms with Crippen LogP contribution in [0.1, 0.15) is 28.6 Å². The molecule has 0 aliphatic heterocycles. The Balaban J connectivity index is 1.95. The second-order valence-electron chi connectivity index (χ2n) is 5.75. The summed E-state index contributed by atoms with van der Waals surface area (Å²) in [6.45, 7) is 3.07. The molecule has 1 aromatic heterocycles. The molecular weight excluding hydrogens is 374 g/mol. The predicted octanol–water partition coefficient (Wildman–Crippen LogP) is 1.61. The zero-order valence-corrected chi connectivity index (χ0v) is 15.4. The molecule has 142 valence electrons. The average Bonchev–Trinajstić information content (AvgIpc) is 2.99. The third-order valence-electron chi connectivity index (χ3n) is 3.39. The Hall–Kier alpha value is -3.19. The second kappa shape index (κ2) is 8.46. The van der Waals surface area contributed by atoms with E-state index in [1.165, 1.54) is 37.3 Å². The Labute approximate surface area is 155 Å². The highest BCUT2D eigenvalue weighted by atomic mass is 32.2. The molecule has 0 aliphatic rings. The Kier molecular flexibility index (Phi) is 6.31. The van der Waals surface area contributed by atoms with E-state index in [2.05, 4.69) is 10.5 Å². The number of aromatic nitrogens is 1. The van der Waals surface area contributed by atoms with Gasteiger partial charge in [0, 0.05) is 6.07 Å². The van der Waals surface area contributed by atoms with E-state index in [1.54, 1.807) is 13.0 Å². The van der Waals surface area contributed by atoms with Crippen molar-refractivity contribution >= 4 is 27.5 Å². The van der Waals surface area contributed by atoms with Crippen LogP contribution in [0.4, 0.5) is 5.82 Å². The average molecular weight is 391 g/mol. The van der Waals surface area contributed by atoms with Crippen molar-refractivity contribution in [2.75, 3.05) is 11.1 Å². The van der Waals surface area contributed by atoms with E-state index in [0.29, 0.717) is 11.3 Å². The summed E-state index contributed by atoms with van der Waals surface area (Å²) in [6, 6.07) is 8.81. The van der Waals surface area contributed by atoms with E-state index in [4.69, 9.17) is 14.5 Å². The molecule has 0 saturated heterocycles. The number of carbonyl (C=O) groups excluding carboxylic acids is 2. The molecule has 10 heteroatoms. The molecule has 9 nitrogen and oxygen atoms in total. The van der Waals surface area contributed by atoms with Gasteiger partial charge in [-0.2, -0.15) is 5.26 Å². The van der Waals surface area contributed by atoms with Crippen LogP contribution in [0.2, 0.25) is 0 Å². The monoisotopic (exact) mass is 391 g/mol. The van der Waals surface area contributed by atoms with Gasteiger partial charge in [-0.05, 0) is 31.5 Å². The van der Waals surface area contributed by atoms with Gasteiger partial charge in [0.15, 0.2) is 21.8 Å². The molecule has 0 radical (unpaired) electrons. The van der Waals surface area contributed by atoms with Crippen LogP contribution >= 0.6 is 0 Å². The van der Waals surface area contributed by atoms with Crippen molar-refractivity contribution in [3.05, 3.63) is 47.2 Å². The summed E-state index contributed by atoms with van der Waals surface area (Å²) < 4.78 is 33.2. The molecule has 2 aromatic rings. The highest BCUT2D eigenvalue weighted by Gasteiger charge is 2.20. The smallest absolute Gasteiger partial charge is 0.338 e. The fourth-order valence-electron chi connectivity index (χ4n) is 2.08. The first-order valence-electron chi connectivity index (χ1n) is 7.81. The highest BCUT2D eigenvalue weighted by molar-refractivity contribution is 7.90. The zero-order chi connectivity index (χ0) is 20.0. The maximum absolute atomic E-state index is 12.1. The molecule has 27 heavy (non-hydrogen) atoms. The van der Waals surface area contributed by atoms with Crippen LogP contribution < -0.4 is 5.32 Å². The fourth-order valence-corrected chi connectivity index (χ4v) is 3.07. The first kappa shape index (κ1) is 20.1. The maximum Gasteiger partial charge on any atom is 0.338 e. The van der Waals surface area contributed by atoms with Gasteiger partial charge in [0.1, 0.15) is 11.5 Å². The van der Waals surface area contributed by atoms with Crippen LogP contribution in [0.15, 0.2) is 34.9 Å². The first-order chi connectivity index (χ1) is 12.7. The number of nitrogens with zero attached hydrogens (tertiary/aromatic N) is 2. The SMILES string of the molecule is Cc1cc(NC(=O)[C@H](C)OC(=O)c2ccc(CS(=O)(=O)CC#N)cc2)no1. The molecule has 0 spiro atoms. The van der Waals surface area contributed by atoms with E-state index in [-0.39, 0.29) is 17.1 Å². The highest BCUT2D eigenvalue weighted by Crippen LogP contribution is 2.12. The van der Waals surface area contributed by atoms with Crippen LogP contribution in [0.25, 0.3) is 0 Å². The van der Waals surface area contributed by atoms with E-state index in [0.717, 1.165) is 0 Å². The topological polar surface area (TPSA) is 139 Å². The Morgan fingerprint density at radius 2 is 2.00 bits per heavy atom. The summed E-state index contributed by atoms with van der Waals surface area (Å²) in [5, 5.41) is 14.6. The Morgan fingerprint density at radius 1 is 1.33 bits per heavy atom. The minimum atomic E-state index is -3.52. The standard InChI is InChI=1S/C17H17N3O6S/c1-11-9-15(20-26-11)19-16(21)12(2)25-17(22)14-5-3-13(4-6-14)10-27(23,24)8-7-18/h3-6,9,12H,8,10H2,1-2H3,(H,19,20,21)/t12-/m0/s1. The molecule has 0 fully saturated rings. The van der Waals surface area contributed by atoms with Crippen LogP contribution in [0.3, 0.4) is 0 Å². The minimum absolute atomic E-state index is 0.161. The Morgan fingerprint density at radius 3 is 2.56 bits per heavy atom. The third kappa shape index (κ3) is 5.93. The van der Waals surface area contributed by atoms with Crippen molar-refractivity contribution in [2.24, 2.45) is 0 Å². The van der Waals surface area contributed by atoms with Gasteiger partial charge in [-0.1, -0.05) is 17.3 Å². The number of sulfone groups is 1.